The second-order valence-corrected chi connectivity index (χ2v) is 11.1. The first-order chi connectivity index (χ1) is 11.6. The Labute approximate surface area is 154 Å². The lowest BCUT2D eigenvalue weighted by atomic mass is 9.48. The molecule has 1 aliphatic heterocycles. The monoisotopic (exact) mass is 346 g/mol. The van der Waals surface area contributed by atoms with Crippen LogP contribution in [0.1, 0.15) is 92.9 Å². The minimum absolute atomic E-state index is 0.250. The Hall–Kier alpha value is -0.340. The molecule has 3 aliphatic carbocycles. The van der Waals surface area contributed by atoms with Crippen molar-refractivity contribution in [3.05, 3.63) is 11.1 Å². The number of fused-ring (bicyclic) bond motifs is 2. The summed E-state index contributed by atoms with van der Waals surface area (Å²) >= 11 is 0. The predicted octanol–water partition coefficient (Wildman–Crippen LogP) is 6.25. The van der Waals surface area contributed by atoms with Crippen molar-refractivity contribution in [3.63, 3.8) is 0 Å². The van der Waals surface area contributed by atoms with Gasteiger partial charge >= 0.3 is 0 Å². The van der Waals surface area contributed by atoms with E-state index in [-0.39, 0.29) is 11.5 Å². The highest BCUT2D eigenvalue weighted by atomic mass is 16.7. The van der Waals surface area contributed by atoms with Gasteiger partial charge in [-0.05, 0) is 75.5 Å². The molecule has 4 rings (SSSR count). The van der Waals surface area contributed by atoms with Gasteiger partial charge in [-0.3, -0.25) is 0 Å². The van der Waals surface area contributed by atoms with Crippen molar-refractivity contribution < 1.29 is 9.47 Å². The molecule has 0 radical (unpaired) electrons. The summed E-state index contributed by atoms with van der Waals surface area (Å²) < 4.78 is 12.2. The van der Waals surface area contributed by atoms with E-state index in [0.717, 1.165) is 12.5 Å². The second-order valence-electron chi connectivity index (χ2n) is 11.1. The third kappa shape index (κ3) is 2.83. The first-order valence-electron chi connectivity index (χ1n) is 10.6. The first kappa shape index (κ1) is 18.0. The smallest absolute Gasteiger partial charge is 0.163 e. The second kappa shape index (κ2) is 5.58. The van der Waals surface area contributed by atoms with Crippen LogP contribution in [0.25, 0.3) is 0 Å². The van der Waals surface area contributed by atoms with E-state index in [9.17, 15) is 0 Å². The highest BCUT2D eigenvalue weighted by Crippen LogP contribution is 2.63. The molecule has 0 N–H and O–H groups in total. The van der Waals surface area contributed by atoms with Crippen molar-refractivity contribution >= 4 is 0 Å². The van der Waals surface area contributed by atoms with Gasteiger partial charge in [0.05, 0.1) is 12.7 Å². The third-order valence-corrected chi connectivity index (χ3v) is 8.43. The molecule has 1 heterocycles. The molecular formula is C23H38O2. The largest absolute Gasteiger partial charge is 0.348 e. The molecular weight excluding hydrogens is 308 g/mol. The summed E-state index contributed by atoms with van der Waals surface area (Å²) in [6, 6.07) is 0. The fraction of sp³-hybridized carbons (Fsp3) is 0.913. The molecule has 0 aromatic heterocycles. The summed E-state index contributed by atoms with van der Waals surface area (Å²) in [6.45, 7) is 15.0. The van der Waals surface area contributed by atoms with Crippen LogP contribution in [-0.2, 0) is 9.47 Å². The molecule has 4 aliphatic rings. The van der Waals surface area contributed by atoms with Gasteiger partial charge in [0.15, 0.2) is 5.79 Å². The predicted molar refractivity (Wildman–Crippen MR) is 102 cm³/mol. The van der Waals surface area contributed by atoms with E-state index < -0.39 is 5.79 Å². The van der Waals surface area contributed by atoms with E-state index in [1.54, 1.807) is 5.57 Å². The van der Waals surface area contributed by atoms with Gasteiger partial charge < -0.3 is 9.47 Å². The van der Waals surface area contributed by atoms with Gasteiger partial charge in [-0.1, -0.05) is 45.3 Å². The normalized spacial score (nSPS) is 45.8. The summed E-state index contributed by atoms with van der Waals surface area (Å²) in [6.07, 6.45) is 11.0. The molecule has 0 aromatic rings. The molecule has 1 saturated carbocycles. The summed E-state index contributed by atoms with van der Waals surface area (Å²) in [5.74, 6) is 0.473. The van der Waals surface area contributed by atoms with Gasteiger partial charge in [0.2, 0.25) is 0 Å². The molecule has 2 fully saturated rings. The van der Waals surface area contributed by atoms with Crippen molar-refractivity contribution in [2.45, 2.75) is 105 Å². The molecule has 0 aromatic carbocycles. The standard InChI is InChI=1S/C23H38O2/c1-20(2)11-7-12-23(6)17-10-13-22(5,14-16(17)8-9-18(20)23)19-15-24-21(3,4)25-19/h18-19H,7-15H2,1-6H3/t18-,19-,22-,23+/m0/s1. The van der Waals surface area contributed by atoms with Crippen molar-refractivity contribution in [2.24, 2.45) is 22.2 Å². The van der Waals surface area contributed by atoms with Crippen molar-refractivity contribution in [2.75, 3.05) is 6.61 Å². The van der Waals surface area contributed by atoms with Crippen molar-refractivity contribution in [1.29, 1.82) is 0 Å². The summed E-state index contributed by atoms with van der Waals surface area (Å²) in [5, 5.41) is 0. The highest BCUT2D eigenvalue weighted by molar-refractivity contribution is 5.32. The Bertz CT molecular complexity index is 587. The van der Waals surface area contributed by atoms with Gasteiger partial charge in [-0.2, -0.15) is 0 Å². The SMILES string of the molecule is CC1(C)OC[C@@H]([C@@]2(C)CCC3=C(CC[C@H]4C(C)(C)CCC[C@]34C)C2)O1. The Morgan fingerprint density at radius 2 is 1.68 bits per heavy atom. The van der Waals surface area contributed by atoms with Gasteiger partial charge in [0, 0.05) is 5.41 Å². The fourth-order valence-corrected chi connectivity index (χ4v) is 7.02. The molecule has 25 heavy (non-hydrogen) atoms. The van der Waals surface area contributed by atoms with E-state index >= 15 is 0 Å². The molecule has 0 unspecified atom stereocenters. The maximum Gasteiger partial charge on any atom is 0.163 e. The minimum Gasteiger partial charge on any atom is -0.348 e. The molecule has 142 valence electrons. The molecule has 0 bridgehead atoms. The van der Waals surface area contributed by atoms with E-state index in [4.69, 9.17) is 9.47 Å². The van der Waals surface area contributed by atoms with Crippen LogP contribution < -0.4 is 0 Å². The Morgan fingerprint density at radius 3 is 2.36 bits per heavy atom. The van der Waals surface area contributed by atoms with Crippen LogP contribution in [0.2, 0.25) is 0 Å². The Balaban J connectivity index is 1.61. The van der Waals surface area contributed by atoms with Crippen LogP contribution >= 0.6 is 0 Å². The maximum absolute atomic E-state index is 6.29. The lowest BCUT2D eigenvalue weighted by Gasteiger charge is -2.57. The van der Waals surface area contributed by atoms with Crippen LogP contribution in [0.4, 0.5) is 0 Å². The highest BCUT2D eigenvalue weighted by Gasteiger charge is 2.54. The van der Waals surface area contributed by atoms with Gasteiger partial charge in [-0.25, -0.2) is 0 Å². The zero-order valence-corrected chi connectivity index (χ0v) is 17.3. The third-order valence-electron chi connectivity index (χ3n) is 8.43. The molecule has 1 saturated heterocycles. The Kier molecular flexibility index (Phi) is 4.03. The number of allylic oxidation sites excluding steroid dienone is 2. The van der Waals surface area contributed by atoms with Gasteiger partial charge in [0.1, 0.15) is 0 Å². The van der Waals surface area contributed by atoms with Gasteiger partial charge in [0.25, 0.3) is 0 Å². The average Bonchev–Trinajstić information content (AvgIpc) is 2.87. The van der Waals surface area contributed by atoms with Crippen LogP contribution in [-0.4, -0.2) is 18.5 Å². The molecule has 2 heteroatoms. The number of ether oxygens (including phenoxy) is 2. The average molecular weight is 347 g/mol. The summed E-state index contributed by atoms with van der Waals surface area (Å²) in [5.41, 5.74) is 4.87. The van der Waals surface area contributed by atoms with Crippen LogP contribution in [0.5, 0.6) is 0 Å². The molecule has 4 atom stereocenters. The molecule has 0 spiro atoms. The summed E-state index contributed by atoms with van der Waals surface area (Å²) in [4.78, 5) is 0. The van der Waals surface area contributed by atoms with Crippen LogP contribution in [0.3, 0.4) is 0 Å². The molecule has 0 amide bonds. The zero-order valence-electron chi connectivity index (χ0n) is 17.3. The van der Waals surface area contributed by atoms with Crippen LogP contribution in [0, 0.1) is 22.2 Å². The van der Waals surface area contributed by atoms with Crippen LogP contribution in [0.15, 0.2) is 11.1 Å². The van der Waals surface area contributed by atoms with E-state index in [1.807, 2.05) is 5.57 Å². The molecule has 2 nitrogen and oxygen atoms in total. The minimum atomic E-state index is -0.403. The van der Waals surface area contributed by atoms with E-state index in [2.05, 4.69) is 41.5 Å². The van der Waals surface area contributed by atoms with Crippen molar-refractivity contribution in [1.82, 2.24) is 0 Å². The topological polar surface area (TPSA) is 18.5 Å². The lowest BCUT2D eigenvalue weighted by Crippen LogP contribution is -2.48. The first-order valence-corrected chi connectivity index (χ1v) is 10.6. The zero-order chi connectivity index (χ0) is 18.1. The van der Waals surface area contributed by atoms with E-state index in [0.29, 0.717) is 10.8 Å². The fourth-order valence-electron chi connectivity index (χ4n) is 7.02. The quantitative estimate of drug-likeness (QED) is 0.522. The number of rotatable bonds is 1. The maximum atomic E-state index is 6.29. The van der Waals surface area contributed by atoms with Gasteiger partial charge in [-0.15, -0.1) is 0 Å². The van der Waals surface area contributed by atoms with E-state index in [1.165, 1.54) is 51.4 Å². The van der Waals surface area contributed by atoms with Crippen molar-refractivity contribution in [3.8, 4) is 0 Å². The lowest BCUT2D eigenvalue weighted by molar-refractivity contribution is -0.154. The Morgan fingerprint density at radius 1 is 0.920 bits per heavy atom. The summed E-state index contributed by atoms with van der Waals surface area (Å²) in [7, 11) is 0. The number of hydrogen-bond donors (Lipinski definition) is 0. The number of hydrogen-bond acceptors (Lipinski definition) is 2.